The quantitative estimate of drug-likeness (QED) is 0.787. The van der Waals surface area contributed by atoms with Gasteiger partial charge in [-0.25, -0.2) is 8.42 Å². The summed E-state index contributed by atoms with van der Waals surface area (Å²) >= 11 is 0. The monoisotopic (exact) mass is 440 g/mol. The second-order valence-corrected chi connectivity index (χ2v) is 9.73. The topological polar surface area (TPSA) is 93.5 Å². The molecule has 3 rings (SSSR count). The third-order valence-corrected chi connectivity index (χ3v) is 6.72. The van der Waals surface area contributed by atoms with Gasteiger partial charge in [-0.1, -0.05) is 42.5 Å². The fourth-order valence-electron chi connectivity index (χ4n) is 3.88. The maximum absolute atomic E-state index is 12.6. The number of rotatable bonds is 4. The molecule has 31 heavy (non-hydrogen) atoms. The molecule has 0 aliphatic carbocycles. The van der Waals surface area contributed by atoms with Gasteiger partial charge in [-0.2, -0.15) is 9.57 Å². The third-order valence-electron chi connectivity index (χ3n) is 5.43. The van der Waals surface area contributed by atoms with Gasteiger partial charge in [-0.3, -0.25) is 9.69 Å². The Labute approximate surface area is 184 Å². The first-order valence-corrected chi connectivity index (χ1v) is 12.2. The zero-order valence-corrected chi connectivity index (χ0v) is 18.5. The lowest BCUT2D eigenvalue weighted by Crippen LogP contribution is -2.38. The van der Waals surface area contributed by atoms with Gasteiger partial charge in [-0.15, -0.1) is 0 Å². The summed E-state index contributed by atoms with van der Waals surface area (Å²) in [5.74, 6) is -0.164. The molecule has 1 amide bonds. The summed E-state index contributed by atoms with van der Waals surface area (Å²) in [5, 5.41) is 11.9. The summed E-state index contributed by atoms with van der Waals surface area (Å²) in [4.78, 5) is 14.8. The van der Waals surface area contributed by atoms with Gasteiger partial charge in [0.15, 0.2) is 0 Å². The maximum Gasteiger partial charge on any atom is 0.222 e. The number of nitrogens with zero attached hydrogens (tertiary/aromatic N) is 3. The van der Waals surface area contributed by atoms with E-state index in [0.29, 0.717) is 44.7 Å². The molecule has 1 unspecified atom stereocenters. The number of nitriles is 1. The lowest BCUT2D eigenvalue weighted by Gasteiger charge is -2.30. The highest BCUT2D eigenvalue weighted by Crippen LogP contribution is 2.27. The van der Waals surface area contributed by atoms with E-state index in [1.165, 1.54) is 10.6 Å². The Bertz CT molecular complexity index is 1020. The molecule has 1 atom stereocenters. The minimum Gasteiger partial charge on any atom is -0.355 e. The standard InChI is InChI=1S/C23H28N4O3S/c1-31(29,30)27-14-5-13-26(18-20-10-8-19(17-24)9-11-20)15-12-25-23(28)16-22(27)21-6-3-2-4-7-21/h2-4,6-11,22H,5,12-16,18H2,1H3,(H,25,28). The van der Waals surface area contributed by atoms with Gasteiger partial charge in [0.05, 0.1) is 23.9 Å². The number of sulfonamides is 1. The summed E-state index contributed by atoms with van der Waals surface area (Å²) in [7, 11) is -3.51. The van der Waals surface area contributed by atoms with Crippen LogP contribution in [0.3, 0.4) is 0 Å². The van der Waals surface area contributed by atoms with Crippen molar-refractivity contribution >= 4 is 15.9 Å². The first-order chi connectivity index (χ1) is 14.9. The van der Waals surface area contributed by atoms with Crippen molar-refractivity contribution in [1.82, 2.24) is 14.5 Å². The van der Waals surface area contributed by atoms with Crippen LogP contribution in [-0.2, 0) is 21.4 Å². The highest BCUT2D eigenvalue weighted by Gasteiger charge is 2.30. The van der Waals surface area contributed by atoms with Crippen LogP contribution in [-0.4, -0.2) is 56.0 Å². The lowest BCUT2D eigenvalue weighted by atomic mass is 10.0. The predicted molar refractivity (Wildman–Crippen MR) is 119 cm³/mol. The van der Waals surface area contributed by atoms with E-state index in [1.54, 1.807) is 12.1 Å². The molecule has 1 aliphatic rings. The summed E-state index contributed by atoms with van der Waals surface area (Å²) in [6, 6.07) is 18.4. The maximum atomic E-state index is 12.6. The van der Waals surface area contributed by atoms with E-state index in [0.717, 1.165) is 11.1 Å². The summed E-state index contributed by atoms with van der Waals surface area (Å²) in [6.45, 7) is 2.87. The molecule has 0 aromatic heterocycles. The van der Waals surface area contributed by atoms with E-state index in [1.807, 2.05) is 42.5 Å². The molecule has 0 radical (unpaired) electrons. The van der Waals surface area contributed by atoms with Crippen LogP contribution in [0.4, 0.5) is 0 Å². The third kappa shape index (κ3) is 6.62. The molecule has 2 aromatic carbocycles. The molecule has 2 aromatic rings. The number of hydrogen-bond donors (Lipinski definition) is 1. The molecule has 7 nitrogen and oxygen atoms in total. The fraction of sp³-hybridized carbons (Fsp3) is 0.391. The van der Waals surface area contributed by atoms with Crippen LogP contribution in [0, 0.1) is 11.3 Å². The highest BCUT2D eigenvalue weighted by molar-refractivity contribution is 7.88. The van der Waals surface area contributed by atoms with E-state index >= 15 is 0 Å². The van der Waals surface area contributed by atoms with Gasteiger partial charge in [0.25, 0.3) is 0 Å². The number of amides is 1. The van der Waals surface area contributed by atoms with E-state index in [-0.39, 0.29) is 12.3 Å². The highest BCUT2D eigenvalue weighted by atomic mass is 32.2. The molecule has 1 fully saturated rings. The molecular weight excluding hydrogens is 412 g/mol. The number of hydrogen-bond acceptors (Lipinski definition) is 5. The smallest absolute Gasteiger partial charge is 0.222 e. The number of carbonyl (C=O) groups excluding carboxylic acids is 1. The van der Waals surface area contributed by atoms with Gasteiger partial charge in [0, 0.05) is 32.6 Å². The molecular formula is C23H28N4O3S. The average Bonchev–Trinajstić information content (AvgIpc) is 2.78. The molecule has 1 aliphatic heterocycles. The molecule has 0 saturated carbocycles. The lowest BCUT2D eigenvalue weighted by molar-refractivity contribution is -0.122. The Balaban J connectivity index is 1.79. The Morgan fingerprint density at radius 1 is 1.06 bits per heavy atom. The van der Waals surface area contributed by atoms with Crippen molar-refractivity contribution in [2.45, 2.75) is 25.4 Å². The molecule has 1 saturated heterocycles. The van der Waals surface area contributed by atoms with Crippen molar-refractivity contribution in [2.75, 3.05) is 32.4 Å². The zero-order chi connectivity index (χ0) is 22.3. The average molecular weight is 441 g/mol. The SMILES string of the molecule is CS(=O)(=O)N1CCCN(Cc2ccc(C#N)cc2)CCNC(=O)CC1c1ccccc1. The van der Waals surface area contributed by atoms with Crippen molar-refractivity contribution in [3.63, 3.8) is 0 Å². The van der Waals surface area contributed by atoms with Gasteiger partial charge in [-0.05, 0) is 36.2 Å². The van der Waals surface area contributed by atoms with Crippen LogP contribution in [0.5, 0.6) is 0 Å². The van der Waals surface area contributed by atoms with Crippen LogP contribution >= 0.6 is 0 Å². The Morgan fingerprint density at radius 2 is 1.77 bits per heavy atom. The zero-order valence-electron chi connectivity index (χ0n) is 17.7. The van der Waals surface area contributed by atoms with Crippen LogP contribution in [0.2, 0.25) is 0 Å². The molecule has 1 N–H and O–H groups in total. The van der Waals surface area contributed by atoms with E-state index < -0.39 is 16.1 Å². The van der Waals surface area contributed by atoms with Gasteiger partial charge >= 0.3 is 0 Å². The van der Waals surface area contributed by atoms with Crippen LogP contribution < -0.4 is 5.32 Å². The Hall–Kier alpha value is -2.73. The van der Waals surface area contributed by atoms with Crippen molar-refractivity contribution in [1.29, 1.82) is 5.26 Å². The predicted octanol–water partition coefficient (Wildman–Crippen LogP) is 2.27. The molecule has 0 spiro atoms. The summed E-state index contributed by atoms with van der Waals surface area (Å²) < 4.78 is 26.7. The fourth-order valence-corrected chi connectivity index (χ4v) is 5.00. The van der Waals surface area contributed by atoms with E-state index in [2.05, 4.69) is 16.3 Å². The molecule has 1 heterocycles. The van der Waals surface area contributed by atoms with Crippen molar-refractivity contribution in [2.24, 2.45) is 0 Å². The normalized spacial score (nSPS) is 19.7. The van der Waals surface area contributed by atoms with E-state index in [4.69, 9.17) is 5.26 Å². The summed E-state index contributed by atoms with van der Waals surface area (Å²) in [5.41, 5.74) is 2.50. The minimum absolute atomic E-state index is 0.0900. The molecule has 0 bridgehead atoms. The largest absolute Gasteiger partial charge is 0.355 e. The van der Waals surface area contributed by atoms with Crippen LogP contribution in [0.1, 0.15) is 35.6 Å². The number of benzene rings is 2. The van der Waals surface area contributed by atoms with Crippen molar-refractivity contribution in [3.8, 4) is 6.07 Å². The summed E-state index contributed by atoms with van der Waals surface area (Å²) in [6.07, 6.45) is 1.95. The van der Waals surface area contributed by atoms with Crippen LogP contribution in [0.25, 0.3) is 0 Å². The van der Waals surface area contributed by atoms with E-state index in [9.17, 15) is 13.2 Å². The van der Waals surface area contributed by atoms with Gasteiger partial charge in [0.1, 0.15) is 0 Å². The second-order valence-electron chi connectivity index (χ2n) is 7.79. The van der Waals surface area contributed by atoms with Crippen LogP contribution in [0.15, 0.2) is 54.6 Å². The molecule has 164 valence electrons. The van der Waals surface area contributed by atoms with Crippen molar-refractivity contribution in [3.05, 3.63) is 71.3 Å². The minimum atomic E-state index is -3.51. The Morgan fingerprint density at radius 3 is 2.42 bits per heavy atom. The first kappa shape index (κ1) is 22.9. The number of carbonyl (C=O) groups is 1. The number of nitrogens with one attached hydrogen (secondary N) is 1. The van der Waals surface area contributed by atoms with Gasteiger partial charge in [0.2, 0.25) is 15.9 Å². The first-order valence-electron chi connectivity index (χ1n) is 10.4. The van der Waals surface area contributed by atoms with Gasteiger partial charge < -0.3 is 5.32 Å². The van der Waals surface area contributed by atoms with Crippen molar-refractivity contribution < 1.29 is 13.2 Å². The Kier molecular flexibility index (Phi) is 7.80. The molecule has 8 heteroatoms. The second kappa shape index (κ2) is 10.5.